The van der Waals surface area contributed by atoms with E-state index in [9.17, 15) is 23.6 Å². The third-order valence-corrected chi connectivity index (χ3v) is 5.14. The number of imide groups is 2. The van der Waals surface area contributed by atoms with Crippen molar-refractivity contribution in [1.29, 1.82) is 0 Å². The van der Waals surface area contributed by atoms with Crippen molar-refractivity contribution in [2.75, 3.05) is 16.8 Å². The Bertz CT molecular complexity index is 1350. The highest BCUT2D eigenvalue weighted by Gasteiger charge is 2.36. The smallest absolute Gasteiger partial charge is 0.335 e. The number of hydrogen-bond donors (Lipinski definition) is 2. The van der Waals surface area contributed by atoms with Crippen LogP contribution in [0.3, 0.4) is 0 Å². The molecule has 0 aliphatic carbocycles. The number of amides is 5. The third-order valence-electron chi connectivity index (χ3n) is 5.14. The normalized spacial score (nSPS) is 14.6. The molecule has 8 nitrogen and oxygen atoms in total. The molecule has 35 heavy (non-hydrogen) atoms. The van der Waals surface area contributed by atoms with E-state index < -0.39 is 23.7 Å². The number of nitrogens with one attached hydrogen (secondary N) is 2. The first-order valence-corrected chi connectivity index (χ1v) is 10.6. The van der Waals surface area contributed by atoms with Crippen LogP contribution in [0.5, 0.6) is 5.75 Å². The lowest BCUT2D eigenvalue weighted by Gasteiger charge is -2.26. The number of carbonyl (C=O) groups excluding carboxylic acids is 4. The second-order valence-electron chi connectivity index (χ2n) is 7.66. The number of barbiturate groups is 1. The van der Waals surface area contributed by atoms with Crippen molar-refractivity contribution < 1.29 is 28.3 Å². The van der Waals surface area contributed by atoms with Gasteiger partial charge in [0, 0.05) is 5.69 Å². The fraction of sp³-hybridized carbons (Fsp3) is 0.0769. The quantitative estimate of drug-likeness (QED) is 0.418. The summed E-state index contributed by atoms with van der Waals surface area (Å²) in [6, 6.07) is 17.6. The lowest BCUT2D eigenvalue weighted by Crippen LogP contribution is -2.54. The standard InChI is InChI=1S/C26H20FN3O5/c1-16-5-2-3-8-22(16)28-23(31)15-35-20-7-4-6-17(13-20)14-21-24(32)29-26(34)30(25(21)33)19-11-9-18(27)10-12-19/h2-14H,15H2,1H3,(H,28,31)(H,29,32,34)/b21-14+. The molecule has 9 heteroatoms. The predicted molar refractivity (Wildman–Crippen MR) is 127 cm³/mol. The van der Waals surface area contributed by atoms with Gasteiger partial charge in [-0.15, -0.1) is 0 Å². The molecule has 0 atom stereocenters. The Kier molecular flexibility index (Phi) is 6.68. The number of benzene rings is 3. The summed E-state index contributed by atoms with van der Waals surface area (Å²) >= 11 is 0. The van der Waals surface area contributed by atoms with Crippen LogP contribution in [0, 0.1) is 12.7 Å². The Balaban J connectivity index is 1.49. The number of nitrogens with zero attached hydrogens (tertiary/aromatic N) is 1. The molecule has 0 spiro atoms. The molecule has 1 fully saturated rings. The zero-order valence-corrected chi connectivity index (χ0v) is 18.6. The van der Waals surface area contributed by atoms with Crippen LogP contribution in [-0.2, 0) is 14.4 Å². The summed E-state index contributed by atoms with van der Waals surface area (Å²) in [6.07, 6.45) is 1.31. The number of halogens is 1. The fourth-order valence-electron chi connectivity index (χ4n) is 3.39. The van der Waals surface area contributed by atoms with E-state index in [1.807, 2.05) is 25.1 Å². The van der Waals surface area contributed by atoms with Crippen LogP contribution in [0.25, 0.3) is 6.08 Å². The van der Waals surface area contributed by atoms with Crippen molar-refractivity contribution in [2.45, 2.75) is 6.92 Å². The molecule has 0 bridgehead atoms. The van der Waals surface area contributed by atoms with E-state index in [-0.39, 0.29) is 23.8 Å². The van der Waals surface area contributed by atoms with Gasteiger partial charge in [-0.2, -0.15) is 0 Å². The first kappa shape index (κ1) is 23.4. The minimum atomic E-state index is -0.930. The molecular formula is C26H20FN3O5. The molecule has 0 saturated carbocycles. The summed E-state index contributed by atoms with van der Waals surface area (Å²) < 4.78 is 18.8. The van der Waals surface area contributed by atoms with Gasteiger partial charge in [0.2, 0.25) is 0 Å². The highest BCUT2D eigenvalue weighted by atomic mass is 19.1. The van der Waals surface area contributed by atoms with Crippen molar-refractivity contribution >= 4 is 41.2 Å². The van der Waals surface area contributed by atoms with E-state index in [1.54, 1.807) is 30.3 Å². The number of rotatable bonds is 6. The van der Waals surface area contributed by atoms with Gasteiger partial charge in [-0.05, 0) is 66.6 Å². The molecule has 4 rings (SSSR count). The Labute approximate surface area is 200 Å². The van der Waals surface area contributed by atoms with Gasteiger partial charge in [0.25, 0.3) is 17.7 Å². The molecule has 1 saturated heterocycles. The van der Waals surface area contributed by atoms with Crippen LogP contribution in [-0.4, -0.2) is 30.4 Å². The zero-order chi connectivity index (χ0) is 24.9. The van der Waals surface area contributed by atoms with Crippen LogP contribution in [0.2, 0.25) is 0 Å². The number of ether oxygens (including phenoxy) is 1. The predicted octanol–water partition coefficient (Wildman–Crippen LogP) is 3.82. The van der Waals surface area contributed by atoms with Crippen LogP contribution >= 0.6 is 0 Å². The number of aryl methyl sites for hydroxylation is 1. The molecule has 0 aromatic heterocycles. The average molecular weight is 473 g/mol. The SMILES string of the molecule is Cc1ccccc1NC(=O)COc1cccc(/C=C2\C(=O)NC(=O)N(c3ccc(F)cc3)C2=O)c1. The molecule has 176 valence electrons. The minimum Gasteiger partial charge on any atom is -0.484 e. The summed E-state index contributed by atoms with van der Waals surface area (Å²) in [5, 5.41) is 4.87. The van der Waals surface area contributed by atoms with Gasteiger partial charge in [0.1, 0.15) is 17.1 Å². The van der Waals surface area contributed by atoms with E-state index in [4.69, 9.17) is 4.74 Å². The van der Waals surface area contributed by atoms with Crippen molar-refractivity contribution in [3.05, 3.63) is 95.3 Å². The Morgan fingerprint density at radius 2 is 1.77 bits per heavy atom. The van der Waals surface area contributed by atoms with Crippen molar-refractivity contribution in [3.8, 4) is 5.75 Å². The van der Waals surface area contributed by atoms with Crippen LogP contribution in [0.4, 0.5) is 20.6 Å². The molecular weight excluding hydrogens is 453 g/mol. The lowest BCUT2D eigenvalue weighted by molar-refractivity contribution is -0.122. The van der Waals surface area contributed by atoms with Gasteiger partial charge in [-0.25, -0.2) is 14.1 Å². The van der Waals surface area contributed by atoms with E-state index in [2.05, 4.69) is 10.6 Å². The Morgan fingerprint density at radius 1 is 1.03 bits per heavy atom. The van der Waals surface area contributed by atoms with Gasteiger partial charge in [0.15, 0.2) is 6.61 Å². The first-order valence-electron chi connectivity index (χ1n) is 10.6. The molecule has 0 radical (unpaired) electrons. The summed E-state index contributed by atoms with van der Waals surface area (Å²) in [6.45, 7) is 1.63. The Morgan fingerprint density at radius 3 is 2.51 bits per heavy atom. The monoisotopic (exact) mass is 473 g/mol. The zero-order valence-electron chi connectivity index (χ0n) is 18.6. The second kappa shape index (κ2) is 10.0. The highest BCUT2D eigenvalue weighted by molar-refractivity contribution is 6.39. The molecule has 1 heterocycles. The van der Waals surface area contributed by atoms with E-state index >= 15 is 0 Å². The number of carbonyl (C=O) groups is 4. The molecule has 5 amide bonds. The van der Waals surface area contributed by atoms with Gasteiger partial charge in [-0.3, -0.25) is 19.7 Å². The number of anilines is 2. The molecule has 2 N–H and O–H groups in total. The van der Waals surface area contributed by atoms with Gasteiger partial charge >= 0.3 is 6.03 Å². The van der Waals surface area contributed by atoms with Gasteiger partial charge < -0.3 is 10.1 Å². The van der Waals surface area contributed by atoms with Crippen molar-refractivity contribution in [3.63, 3.8) is 0 Å². The van der Waals surface area contributed by atoms with E-state index in [1.165, 1.54) is 18.2 Å². The summed E-state index contributed by atoms with van der Waals surface area (Å²) in [5.74, 6) is -2.25. The average Bonchev–Trinajstić information content (AvgIpc) is 2.83. The largest absolute Gasteiger partial charge is 0.484 e. The van der Waals surface area contributed by atoms with Crippen LogP contribution < -0.4 is 20.3 Å². The Hall–Kier alpha value is -4.79. The van der Waals surface area contributed by atoms with Crippen molar-refractivity contribution in [2.24, 2.45) is 0 Å². The summed E-state index contributed by atoms with van der Waals surface area (Å²) in [7, 11) is 0. The minimum absolute atomic E-state index is 0.115. The molecule has 3 aromatic carbocycles. The lowest BCUT2D eigenvalue weighted by atomic mass is 10.1. The van der Waals surface area contributed by atoms with E-state index in [0.29, 0.717) is 17.0 Å². The fourth-order valence-corrected chi connectivity index (χ4v) is 3.39. The maximum atomic E-state index is 13.2. The van der Waals surface area contributed by atoms with Crippen LogP contribution in [0.1, 0.15) is 11.1 Å². The van der Waals surface area contributed by atoms with E-state index in [0.717, 1.165) is 22.6 Å². The van der Waals surface area contributed by atoms with Crippen molar-refractivity contribution in [1.82, 2.24) is 5.32 Å². The second-order valence-corrected chi connectivity index (χ2v) is 7.66. The molecule has 0 unspecified atom stereocenters. The molecule has 1 aliphatic heterocycles. The molecule has 1 aliphatic rings. The number of hydrogen-bond acceptors (Lipinski definition) is 5. The maximum Gasteiger partial charge on any atom is 0.335 e. The van der Waals surface area contributed by atoms with Gasteiger partial charge in [-0.1, -0.05) is 30.3 Å². The first-order chi connectivity index (χ1) is 16.8. The van der Waals surface area contributed by atoms with Gasteiger partial charge in [0.05, 0.1) is 5.69 Å². The van der Waals surface area contributed by atoms with Crippen LogP contribution in [0.15, 0.2) is 78.4 Å². The summed E-state index contributed by atoms with van der Waals surface area (Å²) in [4.78, 5) is 50.5. The highest BCUT2D eigenvalue weighted by Crippen LogP contribution is 2.23. The molecule has 3 aromatic rings. The third kappa shape index (κ3) is 5.41. The summed E-state index contributed by atoms with van der Waals surface area (Å²) in [5.41, 5.74) is 1.86. The topological polar surface area (TPSA) is 105 Å². The number of urea groups is 1. The maximum absolute atomic E-state index is 13.2. The number of para-hydroxylation sites is 1.